The van der Waals surface area contributed by atoms with Gasteiger partial charge in [0.2, 0.25) is 0 Å². The van der Waals surface area contributed by atoms with Gasteiger partial charge < -0.3 is 14.6 Å². The average molecular weight is 374 g/mol. The quantitative estimate of drug-likeness (QED) is 0.588. The first kappa shape index (κ1) is 18.1. The molecule has 0 saturated heterocycles. The summed E-state index contributed by atoms with van der Waals surface area (Å²) in [7, 11) is 0. The summed E-state index contributed by atoms with van der Waals surface area (Å²) in [5.74, 6) is 1.70. The molecule has 0 aliphatic heterocycles. The minimum Gasteiger partial charge on any atom is -0.486 e. The van der Waals surface area contributed by atoms with Gasteiger partial charge in [0, 0.05) is 6.42 Å². The topological polar surface area (TPSA) is 55.8 Å². The number of para-hydroxylation sites is 1. The van der Waals surface area contributed by atoms with E-state index in [2.05, 4.69) is 12.1 Å². The fourth-order valence-electron chi connectivity index (χ4n) is 3.52. The Morgan fingerprint density at radius 2 is 1.68 bits per heavy atom. The van der Waals surface area contributed by atoms with Gasteiger partial charge in [-0.2, -0.15) is 0 Å². The normalized spacial score (nSPS) is 15.1. The molecule has 0 aromatic heterocycles. The number of rotatable bonds is 7. The summed E-state index contributed by atoms with van der Waals surface area (Å²) in [6, 6.07) is 23.7. The lowest BCUT2D eigenvalue weighted by atomic mass is 10.1. The maximum absolute atomic E-state index is 10.7. The molecule has 28 heavy (non-hydrogen) atoms. The van der Waals surface area contributed by atoms with E-state index in [4.69, 9.17) is 14.6 Å². The van der Waals surface area contributed by atoms with Gasteiger partial charge in [0.1, 0.15) is 23.4 Å². The summed E-state index contributed by atoms with van der Waals surface area (Å²) in [4.78, 5) is 10.7. The molecule has 0 radical (unpaired) electrons. The van der Waals surface area contributed by atoms with Crippen LogP contribution in [0.1, 0.15) is 35.6 Å². The number of carboxylic acids is 1. The molecule has 0 spiro atoms. The van der Waals surface area contributed by atoms with Crippen molar-refractivity contribution in [2.24, 2.45) is 0 Å². The lowest BCUT2D eigenvalue weighted by molar-refractivity contribution is -0.136. The molecule has 1 atom stereocenters. The van der Waals surface area contributed by atoms with Crippen molar-refractivity contribution in [2.75, 3.05) is 0 Å². The van der Waals surface area contributed by atoms with Crippen LogP contribution in [-0.2, 0) is 17.6 Å². The molecule has 1 unspecified atom stereocenters. The third-order valence-electron chi connectivity index (χ3n) is 4.95. The van der Waals surface area contributed by atoms with Gasteiger partial charge in [-0.05, 0) is 72.4 Å². The molecule has 3 aromatic carbocycles. The third kappa shape index (κ3) is 4.34. The predicted octanol–water partition coefficient (Wildman–Crippen LogP) is 5.56. The Kier molecular flexibility index (Phi) is 5.29. The number of hydrogen-bond acceptors (Lipinski definition) is 3. The Morgan fingerprint density at radius 3 is 2.43 bits per heavy atom. The van der Waals surface area contributed by atoms with Crippen LogP contribution in [0, 0.1) is 0 Å². The predicted molar refractivity (Wildman–Crippen MR) is 107 cm³/mol. The Morgan fingerprint density at radius 1 is 0.929 bits per heavy atom. The van der Waals surface area contributed by atoms with Crippen LogP contribution in [-0.4, -0.2) is 11.1 Å². The van der Waals surface area contributed by atoms with Crippen molar-refractivity contribution >= 4 is 5.97 Å². The van der Waals surface area contributed by atoms with E-state index in [1.165, 1.54) is 11.1 Å². The number of benzene rings is 3. The molecular weight excluding hydrogens is 352 g/mol. The SMILES string of the molecule is O=C(O)CCc1ccc(OC2CCc3cc(Oc4ccccc4)ccc32)cc1. The molecule has 0 amide bonds. The molecule has 0 fully saturated rings. The molecule has 3 aromatic rings. The zero-order chi connectivity index (χ0) is 19.3. The van der Waals surface area contributed by atoms with E-state index in [9.17, 15) is 4.79 Å². The van der Waals surface area contributed by atoms with Crippen molar-refractivity contribution in [3.05, 3.63) is 89.5 Å². The Balaban J connectivity index is 1.41. The van der Waals surface area contributed by atoms with Crippen LogP contribution >= 0.6 is 0 Å². The second-order valence-electron chi connectivity index (χ2n) is 6.96. The van der Waals surface area contributed by atoms with Gasteiger partial charge in [-0.1, -0.05) is 36.4 Å². The Hall–Kier alpha value is -3.27. The fourth-order valence-corrected chi connectivity index (χ4v) is 3.52. The summed E-state index contributed by atoms with van der Waals surface area (Å²) < 4.78 is 12.1. The first-order chi connectivity index (χ1) is 13.7. The molecule has 1 N–H and O–H groups in total. The van der Waals surface area contributed by atoms with Crippen LogP contribution in [0.3, 0.4) is 0 Å². The number of ether oxygens (including phenoxy) is 2. The lowest BCUT2D eigenvalue weighted by Gasteiger charge is -2.16. The van der Waals surface area contributed by atoms with Gasteiger partial charge in [-0.3, -0.25) is 4.79 Å². The number of aliphatic carboxylic acids is 1. The molecule has 1 aliphatic carbocycles. The van der Waals surface area contributed by atoms with Gasteiger partial charge >= 0.3 is 5.97 Å². The fraction of sp³-hybridized carbons (Fsp3) is 0.208. The maximum Gasteiger partial charge on any atom is 0.303 e. The molecular formula is C24H22O4. The maximum atomic E-state index is 10.7. The van der Waals surface area contributed by atoms with Crippen LogP contribution in [0.2, 0.25) is 0 Å². The molecule has 4 rings (SSSR count). The van der Waals surface area contributed by atoms with Gasteiger partial charge in [-0.25, -0.2) is 0 Å². The van der Waals surface area contributed by atoms with Crippen LogP contribution in [0.25, 0.3) is 0 Å². The number of aryl methyl sites for hydroxylation is 2. The van der Waals surface area contributed by atoms with Crippen LogP contribution < -0.4 is 9.47 Å². The standard InChI is InChI=1S/C24H22O4/c25-24(26)15-8-17-6-10-20(11-7-17)28-23-14-9-18-16-21(12-13-22(18)23)27-19-4-2-1-3-5-19/h1-7,10-13,16,23H,8-9,14-15H2,(H,25,26). The Bertz CT molecular complexity index is 948. The largest absolute Gasteiger partial charge is 0.486 e. The second-order valence-corrected chi connectivity index (χ2v) is 6.96. The number of fused-ring (bicyclic) bond motifs is 1. The Labute approximate surface area is 164 Å². The minimum atomic E-state index is -0.779. The van der Waals surface area contributed by atoms with Crippen molar-refractivity contribution in [3.63, 3.8) is 0 Å². The molecule has 4 nitrogen and oxygen atoms in total. The first-order valence-corrected chi connectivity index (χ1v) is 9.50. The highest BCUT2D eigenvalue weighted by molar-refractivity contribution is 5.67. The van der Waals surface area contributed by atoms with Gasteiger partial charge in [-0.15, -0.1) is 0 Å². The second kappa shape index (κ2) is 8.17. The van der Waals surface area contributed by atoms with E-state index in [-0.39, 0.29) is 12.5 Å². The highest BCUT2D eigenvalue weighted by Crippen LogP contribution is 2.37. The number of hydrogen-bond donors (Lipinski definition) is 1. The average Bonchev–Trinajstić information content (AvgIpc) is 3.10. The molecule has 0 bridgehead atoms. The van der Waals surface area contributed by atoms with E-state index in [1.54, 1.807) is 0 Å². The lowest BCUT2D eigenvalue weighted by Crippen LogP contribution is -2.03. The third-order valence-corrected chi connectivity index (χ3v) is 4.95. The number of carbonyl (C=O) groups is 1. The molecule has 4 heteroatoms. The van der Waals surface area contributed by atoms with Crippen molar-refractivity contribution in [1.29, 1.82) is 0 Å². The van der Waals surface area contributed by atoms with Crippen LogP contribution in [0.5, 0.6) is 17.2 Å². The van der Waals surface area contributed by atoms with Crippen molar-refractivity contribution in [2.45, 2.75) is 31.8 Å². The van der Waals surface area contributed by atoms with E-state index >= 15 is 0 Å². The van der Waals surface area contributed by atoms with E-state index in [1.807, 2.05) is 60.7 Å². The van der Waals surface area contributed by atoms with Gasteiger partial charge in [0.05, 0.1) is 0 Å². The number of carboxylic acid groups (broad SMARTS) is 1. The van der Waals surface area contributed by atoms with Crippen molar-refractivity contribution in [1.82, 2.24) is 0 Å². The zero-order valence-corrected chi connectivity index (χ0v) is 15.5. The molecule has 0 saturated carbocycles. The molecule has 1 aliphatic rings. The zero-order valence-electron chi connectivity index (χ0n) is 15.5. The van der Waals surface area contributed by atoms with Gasteiger partial charge in [0.15, 0.2) is 0 Å². The minimum absolute atomic E-state index is 0.0330. The van der Waals surface area contributed by atoms with Crippen LogP contribution in [0.4, 0.5) is 0 Å². The highest BCUT2D eigenvalue weighted by atomic mass is 16.5. The summed E-state index contributed by atoms with van der Waals surface area (Å²) >= 11 is 0. The first-order valence-electron chi connectivity index (χ1n) is 9.50. The van der Waals surface area contributed by atoms with Crippen LogP contribution in [0.15, 0.2) is 72.8 Å². The summed E-state index contributed by atoms with van der Waals surface area (Å²) in [5.41, 5.74) is 3.47. The van der Waals surface area contributed by atoms with Gasteiger partial charge in [0.25, 0.3) is 0 Å². The summed E-state index contributed by atoms with van der Waals surface area (Å²) in [5, 5.41) is 8.78. The molecule has 0 heterocycles. The monoisotopic (exact) mass is 374 g/mol. The highest BCUT2D eigenvalue weighted by Gasteiger charge is 2.24. The molecule has 142 valence electrons. The summed E-state index contributed by atoms with van der Waals surface area (Å²) in [6.45, 7) is 0. The van der Waals surface area contributed by atoms with Crippen molar-refractivity contribution < 1.29 is 19.4 Å². The van der Waals surface area contributed by atoms with E-state index in [0.717, 1.165) is 35.7 Å². The smallest absolute Gasteiger partial charge is 0.303 e. The van der Waals surface area contributed by atoms with E-state index < -0.39 is 5.97 Å². The van der Waals surface area contributed by atoms with Crippen molar-refractivity contribution in [3.8, 4) is 17.2 Å². The van der Waals surface area contributed by atoms with E-state index in [0.29, 0.717) is 6.42 Å². The summed E-state index contributed by atoms with van der Waals surface area (Å²) in [6.07, 6.45) is 2.61.